The summed E-state index contributed by atoms with van der Waals surface area (Å²) in [6.07, 6.45) is 0.911. The second kappa shape index (κ2) is 7.11. The maximum absolute atomic E-state index is 5.87. The first-order chi connectivity index (χ1) is 10.1. The minimum Gasteiger partial charge on any atom is -0.311 e. The Morgan fingerprint density at radius 1 is 0.667 bits per heavy atom. The molecule has 2 rings (SSSR count). The van der Waals surface area contributed by atoms with E-state index in [-0.39, 0.29) is 0 Å². The van der Waals surface area contributed by atoms with Gasteiger partial charge in [0.2, 0.25) is 0 Å². The molecule has 112 valence electrons. The van der Waals surface area contributed by atoms with Gasteiger partial charge in [-0.15, -0.1) is 0 Å². The van der Waals surface area contributed by atoms with Crippen molar-refractivity contribution in [3.63, 3.8) is 0 Å². The average molecular weight is 284 g/mol. The van der Waals surface area contributed by atoms with Crippen molar-refractivity contribution in [3.8, 4) is 0 Å². The Hall–Kier alpha value is -2.04. The van der Waals surface area contributed by atoms with Crippen LogP contribution in [0.1, 0.15) is 25.0 Å². The van der Waals surface area contributed by atoms with Crippen molar-refractivity contribution in [2.75, 3.05) is 23.1 Å². The zero-order chi connectivity index (χ0) is 15.2. The zero-order valence-electron chi connectivity index (χ0n) is 12.8. The molecule has 2 aromatic carbocycles. The first kappa shape index (κ1) is 15.4. The van der Waals surface area contributed by atoms with Gasteiger partial charge in [-0.3, -0.25) is 0 Å². The molecule has 0 amide bonds. The molecule has 0 saturated carbocycles. The predicted octanol–water partition coefficient (Wildman–Crippen LogP) is 2.68. The van der Waals surface area contributed by atoms with E-state index in [0.717, 1.165) is 30.9 Å². The highest BCUT2D eigenvalue weighted by Gasteiger charge is 2.02. The van der Waals surface area contributed by atoms with Crippen LogP contribution in [-0.4, -0.2) is 13.1 Å². The molecule has 0 heterocycles. The summed E-state index contributed by atoms with van der Waals surface area (Å²) in [5.41, 5.74) is 4.63. The molecule has 2 aromatic rings. The fraction of sp³-hybridized carbons (Fsp3) is 0.294. The van der Waals surface area contributed by atoms with Gasteiger partial charge < -0.3 is 10.0 Å². The Labute approximate surface area is 126 Å². The Bertz CT molecular complexity index is 497. The summed E-state index contributed by atoms with van der Waals surface area (Å²) in [5.74, 6) is 11.7. The van der Waals surface area contributed by atoms with Crippen molar-refractivity contribution >= 4 is 11.4 Å². The lowest BCUT2D eigenvalue weighted by molar-refractivity contribution is 0.890. The molecule has 0 atom stereocenters. The highest BCUT2D eigenvalue weighted by atomic mass is 15.4. The smallest absolute Gasteiger partial charge is 0.0517 e. The largest absolute Gasteiger partial charge is 0.311 e. The summed E-state index contributed by atoms with van der Waals surface area (Å²) in [5, 5.41) is 3.47. The monoisotopic (exact) mass is 284 g/mol. The van der Waals surface area contributed by atoms with Crippen molar-refractivity contribution in [2.45, 2.75) is 20.3 Å². The van der Waals surface area contributed by atoms with Crippen LogP contribution in [-0.2, 0) is 6.42 Å². The first-order valence-electron chi connectivity index (χ1n) is 7.36. The number of hydrogen-bond donors (Lipinski definition) is 2. The van der Waals surface area contributed by atoms with Gasteiger partial charge in [0.15, 0.2) is 0 Å². The van der Waals surface area contributed by atoms with E-state index < -0.39 is 0 Å². The maximum Gasteiger partial charge on any atom is 0.0517 e. The summed E-state index contributed by atoms with van der Waals surface area (Å²) in [4.78, 5) is 0. The van der Waals surface area contributed by atoms with Gasteiger partial charge in [-0.25, -0.2) is 11.7 Å². The number of hydrogen-bond acceptors (Lipinski definition) is 4. The van der Waals surface area contributed by atoms with E-state index in [0.29, 0.717) is 0 Å². The molecule has 21 heavy (non-hydrogen) atoms. The lowest BCUT2D eigenvalue weighted by Crippen LogP contribution is -2.30. The number of hydrazine groups is 2. The fourth-order valence-electron chi connectivity index (χ4n) is 2.21. The third kappa shape index (κ3) is 3.97. The van der Waals surface area contributed by atoms with Crippen molar-refractivity contribution in [1.82, 2.24) is 0 Å². The third-order valence-electron chi connectivity index (χ3n) is 3.63. The molecule has 0 bridgehead atoms. The Kier molecular flexibility index (Phi) is 5.20. The van der Waals surface area contributed by atoms with Gasteiger partial charge in [0, 0.05) is 13.1 Å². The van der Waals surface area contributed by atoms with Gasteiger partial charge in [0.05, 0.1) is 11.4 Å². The molecule has 0 unspecified atom stereocenters. The van der Waals surface area contributed by atoms with Crippen molar-refractivity contribution in [2.24, 2.45) is 11.7 Å². The van der Waals surface area contributed by atoms with E-state index in [1.165, 1.54) is 11.1 Å². The number of nitrogens with zero attached hydrogens (tertiary/aromatic N) is 2. The van der Waals surface area contributed by atoms with Gasteiger partial charge in [0.25, 0.3) is 0 Å². The fourth-order valence-corrected chi connectivity index (χ4v) is 2.21. The van der Waals surface area contributed by atoms with Gasteiger partial charge in [0.1, 0.15) is 0 Å². The molecule has 0 aliphatic heterocycles. The molecule has 0 radical (unpaired) electrons. The molecule has 0 aliphatic rings. The third-order valence-corrected chi connectivity index (χ3v) is 3.63. The van der Waals surface area contributed by atoms with E-state index in [1.54, 1.807) is 10.0 Å². The molecule has 0 spiro atoms. The summed E-state index contributed by atoms with van der Waals surface area (Å²) >= 11 is 0. The molecular weight excluding hydrogens is 260 g/mol. The summed E-state index contributed by atoms with van der Waals surface area (Å²) in [6, 6.07) is 16.7. The minimum absolute atomic E-state index is 0.799. The van der Waals surface area contributed by atoms with E-state index >= 15 is 0 Å². The molecule has 4 heteroatoms. The van der Waals surface area contributed by atoms with Gasteiger partial charge in [-0.1, -0.05) is 24.3 Å². The van der Waals surface area contributed by atoms with Crippen molar-refractivity contribution in [1.29, 1.82) is 0 Å². The second-order valence-electron chi connectivity index (χ2n) is 5.08. The average Bonchev–Trinajstić information content (AvgIpc) is 2.55. The van der Waals surface area contributed by atoms with Crippen LogP contribution >= 0.6 is 0 Å². The molecule has 0 aliphatic carbocycles. The molecule has 4 N–H and O–H groups in total. The van der Waals surface area contributed by atoms with Crippen LogP contribution in [0.15, 0.2) is 48.5 Å². The second-order valence-corrected chi connectivity index (χ2v) is 5.08. The van der Waals surface area contributed by atoms with Crippen LogP contribution in [0.4, 0.5) is 11.4 Å². The number of rotatable bonds is 6. The van der Waals surface area contributed by atoms with Crippen LogP contribution in [0.2, 0.25) is 0 Å². The zero-order valence-corrected chi connectivity index (χ0v) is 12.8. The Balaban J connectivity index is 2.04. The van der Waals surface area contributed by atoms with Crippen LogP contribution in [0, 0.1) is 0 Å². The highest BCUT2D eigenvalue weighted by molar-refractivity contribution is 5.48. The van der Waals surface area contributed by atoms with Gasteiger partial charge >= 0.3 is 0 Å². The van der Waals surface area contributed by atoms with Crippen LogP contribution in [0.5, 0.6) is 0 Å². The molecular formula is C17H24N4. The molecule has 0 aromatic heterocycles. The molecule has 0 saturated heterocycles. The van der Waals surface area contributed by atoms with Crippen LogP contribution < -0.4 is 21.7 Å². The maximum atomic E-state index is 5.87. The quantitative estimate of drug-likeness (QED) is 0.632. The lowest BCUT2D eigenvalue weighted by Gasteiger charge is -2.17. The van der Waals surface area contributed by atoms with E-state index in [9.17, 15) is 0 Å². The van der Waals surface area contributed by atoms with E-state index in [4.69, 9.17) is 11.7 Å². The predicted molar refractivity (Wildman–Crippen MR) is 90.1 cm³/mol. The van der Waals surface area contributed by atoms with Crippen LogP contribution in [0.3, 0.4) is 0 Å². The van der Waals surface area contributed by atoms with Crippen molar-refractivity contribution < 1.29 is 0 Å². The highest BCUT2D eigenvalue weighted by Crippen LogP contribution is 2.17. The Morgan fingerprint density at radius 2 is 1.00 bits per heavy atom. The summed E-state index contributed by atoms with van der Waals surface area (Å²) < 4.78 is 0. The lowest BCUT2D eigenvalue weighted by atomic mass is 10.0. The summed E-state index contributed by atoms with van der Waals surface area (Å²) in [7, 11) is 0. The standard InChI is InChI=1S/C17H24N4/c1-3-20(18)16-9-5-14(6-10-16)13-15-7-11-17(12-8-15)21(19)4-2/h5-12H,3-4,13,18-19H2,1-2H3. The number of benzene rings is 2. The topological polar surface area (TPSA) is 58.5 Å². The molecule has 4 nitrogen and oxygen atoms in total. The minimum atomic E-state index is 0.799. The Morgan fingerprint density at radius 3 is 1.29 bits per heavy atom. The normalized spacial score (nSPS) is 10.5. The van der Waals surface area contributed by atoms with Gasteiger partial charge in [-0.2, -0.15) is 0 Å². The number of anilines is 2. The molecule has 0 fully saturated rings. The number of nitrogens with two attached hydrogens (primary N) is 2. The summed E-state index contributed by atoms with van der Waals surface area (Å²) in [6.45, 7) is 5.67. The SMILES string of the molecule is CCN(N)c1ccc(Cc2ccc(N(N)CC)cc2)cc1. The first-order valence-corrected chi connectivity index (χ1v) is 7.36. The van der Waals surface area contributed by atoms with Crippen molar-refractivity contribution in [3.05, 3.63) is 59.7 Å². The van der Waals surface area contributed by atoms with E-state index in [1.807, 2.05) is 13.8 Å². The van der Waals surface area contributed by atoms with Gasteiger partial charge in [-0.05, 0) is 55.7 Å². The van der Waals surface area contributed by atoms with Crippen LogP contribution in [0.25, 0.3) is 0 Å². The van der Waals surface area contributed by atoms with E-state index in [2.05, 4.69) is 48.5 Å².